The number of nitrogens with two attached hydrogens (primary N) is 2. The van der Waals surface area contributed by atoms with E-state index in [0.717, 1.165) is 0 Å². The third-order valence-electron chi connectivity index (χ3n) is 2.75. The van der Waals surface area contributed by atoms with Gasteiger partial charge in [-0.25, -0.2) is 0 Å². The Hall–Kier alpha value is -1.43. The fourth-order valence-corrected chi connectivity index (χ4v) is 2.10. The normalized spacial score (nSPS) is 20.1. The predicted molar refractivity (Wildman–Crippen MR) is 71.5 cm³/mol. The maximum Gasteiger partial charge on any atom is 0.260 e. The molecule has 1 unspecified atom stereocenters. The molecule has 0 aromatic heterocycles. The lowest BCUT2D eigenvalue weighted by Gasteiger charge is -2.33. The molecule has 2 rings (SSSR count). The van der Waals surface area contributed by atoms with E-state index in [9.17, 15) is 4.79 Å². The smallest absolute Gasteiger partial charge is 0.260 e. The van der Waals surface area contributed by atoms with Crippen molar-refractivity contribution < 1.29 is 4.79 Å². The van der Waals surface area contributed by atoms with Gasteiger partial charge in [-0.3, -0.25) is 10.5 Å². The van der Waals surface area contributed by atoms with Crippen molar-refractivity contribution in [2.75, 3.05) is 7.05 Å². The molecule has 5 nitrogen and oxygen atoms in total. The first-order chi connectivity index (χ1) is 8.43. The number of carbonyl (C=O) groups is 1. The second-order valence-corrected chi connectivity index (χ2v) is 4.68. The molecule has 1 heterocycles. The maximum atomic E-state index is 12.2. The highest BCUT2D eigenvalue weighted by atomic mass is 35.5. The highest BCUT2D eigenvalue weighted by Gasteiger charge is 2.30. The number of hydrogen-bond donors (Lipinski definition) is 3. The molecular weight excluding hydrogens is 275 g/mol. The number of nitrogens with one attached hydrogen (secondary N) is 1. The largest absolute Gasteiger partial charge is 0.385 e. The molecule has 1 aliphatic rings. The Morgan fingerprint density at radius 3 is 2.72 bits per heavy atom. The Labute approximate surface area is 114 Å². The van der Waals surface area contributed by atoms with Gasteiger partial charge in [-0.05, 0) is 6.07 Å². The quantitative estimate of drug-likeness (QED) is 0.717. The van der Waals surface area contributed by atoms with Crippen LogP contribution >= 0.6 is 23.2 Å². The average Bonchev–Trinajstić information content (AvgIpc) is 2.32. The molecule has 96 valence electrons. The molecule has 0 fully saturated rings. The van der Waals surface area contributed by atoms with Gasteiger partial charge in [-0.15, -0.1) is 0 Å². The zero-order valence-electron chi connectivity index (χ0n) is 9.58. The van der Waals surface area contributed by atoms with Crippen LogP contribution in [0.25, 0.3) is 5.57 Å². The minimum Gasteiger partial charge on any atom is -0.385 e. The molecule has 1 atom stereocenters. The van der Waals surface area contributed by atoms with E-state index in [-0.39, 0.29) is 22.3 Å². The maximum absolute atomic E-state index is 12.2. The Morgan fingerprint density at radius 2 is 2.06 bits per heavy atom. The summed E-state index contributed by atoms with van der Waals surface area (Å²) in [7, 11) is 1.57. The van der Waals surface area contributed by atoms with Crippen LogP contribution < -0.4 is 16.8 Å². The van der Waals surface area contributed by atoms with Crippen molar-refractivity contribution in [2.24, 2.45) is 11.5 Å². The van der Waals surface area contributed by atoms with Crippen LogP contribution in [0.5, 0.6) is 0 Å². The first-order valence-corrected chi connectivity index (χ1v) is 5.92. The number of likely N-dealkylation sites (N-methyl/N-ethyl adjacent to an activating group) is 1. The van der Waals surface area contributed by atoms with Gasteiger partial charge in [0.05, 0.1) is 15.6 Å². The molecule has 0 aliphatic carbocycles. The first-order valence-electron chi connectivity index (χ1n) is 5.17. The third-order valence-corrected chi connectivity index (χ3v) is 3.56. The zero-order valence-corrected chi connectivity index (χ0v) is 11.1. The molecule has 1 aromatic carbocycles. The van der Waals surface area contributed by atoms with Gasteiger partial charge in [0.2, 0.25) is 0 Å². The van der Waals surface area contributed by atoms with Crippen molar-refractivity contribution >= 4 is 34.7 Å². The summed E-state index contributed by atoms with van der Waals surface area (Å²) >= 11 is 12.0. The monoisotopic (exact) mass is 286 g/mol. The van der Waals surface area contributed by atoms with E-state index in [1.165, 1.54) is 4.90 Å². The summed E-state index contributed by atoms with van der Waals surface area (Å²) in [6.45, 7) is 0. The molecule has 0 saturated carbocycles. The molecule has 0 saturated heterocycles. The molecule has 0 spiro atoms. The van der Waals surface area contributed by atoms with Crippen LogP contribution in [0.1, 0.15) is 5.56 Å². The van der Waals surface area contributed by atoms with Gasteiger partial charge in [-0.1, -0.05) is 35.3 Å². The average molecular weight is 287 g/mol. The Morgan fingerprint density at radius 1 is 1.39 bits per heavy atom. The summed E-state index contributed by atoms with van der Waals surface area (Å²) in [4.78, 5) is 13.5. The van der Waals surface area contributed by atoms with Gasteiger partial charge < -0.3 is 16.0 Å². The lowest BCUT2D eigenvalue weighted by molar-refractivity contribution is -0.126. The topological polar surface area (TPSA) is 84.4 Å². The number of nitrogens with zero attached hydrogens (tertiary/aromatic N) is 1. The van der Waals surface area contributed by atoms with Crippen molar-refractivity contribution in [3.63, 3.8) is 0 Å². The minimum atomic E-state index is -0.654. The predicted octanol–water partition coefficient (Wildman–Crippen LogP) is 0.925. The summed E-state index contributed by atoms with van der Waals surface area (Å²) in [5.74, 6) is -0.113. The summed E-state index contributed by atoms with van der Waals surface area (Å²) in [5.41, 5.74) is 12.3. The highest BCUT2D eigenvalue weighted by Crippen LogP contribution is 2.32. The highest BCUT2D eigenvalue weighted by molar-refractivity contribution is 6.44. The number of amides is 1. The Bertz CT molecular complexity index is 544. The van der Waals surface area contributed by atoms with Crippen LogP contribution in [0.15, 0.2) is 24.0 Å². The van der Waals surface area contributed by atoms with Crippen LogP contribution in [0, 0.1) is 0 Å². The van der Waals surface area contributed by atoms with E-state index in [2.05, 4.69) is 5.32 Å². The number of hydrogen-bond acceptors (Lipinski definition) is 4. The van der Waals surface area contributed by atoms with E-state index in [4.69, 9.17) is 34.7 Å². The summed E-state index contributed by atoms with van der Waals surface area (Å²) < 4.78 is 0. The van der Waals surface area contributed by atoms with Gasteiger partial charge in [0.1, 0.15) is 5.82 Å². The first kappa shape index (κ1) is 13.0. The number of halogens is 2. The van der Waals surface area contributed by atoms with Crippen molar-refractivity contribution in [1.29, 1.82) is 0 Å². The molecule has 18 heavy (non-hydrogen) atoms. The third kappa shape index (κ3) is 2.01. The van der Waals surface area contributed by atoms with Gasteiger partial charge >= 0.3 is 0 Å². The molecule has 1 aromatic rings. The van der Waals surface area contributed by atoms with Crippen molar-refractivity contribution in [2.45, 2.75) is 6.29 Å². The second-order valence-electron chi connectivity index (χ2n) is 3.90. The molecule has 1 aliphatic heterocycles. The second kappa shape index (κ2) is 4.68. The molecule has 0 radical (unpaired) electrons. The van der Waals surface area contributed by atoms with E-state index >= 15 is 0 Å². The lowest BCUT2D eigenvalue weighted by atomic mass is 10.0. The van der Waals surface area contributed by atoms with E-state index < -0.39 is 6.29 Å². The number of carbonyl (C=O) groups excluding carboxylic acids is 1. The van der Waals surface area contributed by atoms with Crippen molar-refractivity contribution in [3.05, 3.63) is 39.6 Å². The van der Waals surface area contributed by atoms with Crippen LogP contribution in [0.3, 0.4) is 0 Å². The fourth-order valence-electron chi connectivity index (χ4n) is 1.70. The van der Waals surface area contributed by atoms with Gasteiger partial charge in [-0.2, -0.15) is 0 Å². The van der Waals surface area contributed by atoms with Crippen LogP contribution in [-0.2, 0) is 4.79 Å². The van der Waals surface area contributed by atoms with Gasteiger partial charge in [0.15, 0.2) is 6.29 Å². The zero-order chi connectivity index (χ0) is 13.4. The van der Waals surface area contributed by atoms with Crippen molar-refractivity contribution in [3.8, 4) is 0 Å². The van der Waals surface area contributed by atoms with Gasteiger partial charge in [0, 0.05) is 12.6 Å². The van der Waals surface area contributed by atoms with E-state index in [1.54, 1.807) is 25.2 Å². The van der Waals surface area contributed by atoms with Gasteiger partial charge in [0.25, 0.3) is 5.91 Å². The minimum absolute atomic E-state index is 0.190. The van der Waals surface area contributed by atoms with E-state index in [0.29, 0.717) is 10.6 Å². The van der Waals surface area contributed by atoms with E-state index in [1.807, 2.05) is 0 Å². The Balaban J connectivity index is 2.59. The molecular formula is C11H12Cl2N4O. The SMILES string of the molecule is CN1C(=O)C(c2cccc(Cl)c2Cl)=C(N)NC1N. The van der Waals surface area contributed by atoms with Crippen molar-refractivity contribution in [1.82, 2.24) is 10.2 Å². The standard InChI is InChI=1S/C11H12Cl2N4O/c1-17-10(18)7(9(14)16-11(17)15)5-3-2-4-6(12)8(5)13/h2-4,11,16H,14-15H2,1H3. The Kier molecular flexibility index (Phi) is 3.38. The number of benzene rings is 1. The molecule has 7 heteroatoms. The van der Waals surface area contributed by atoms with Crippen LogP contribution in [0.2, 0.25) is 10.0 Å². The number of rotatable bonds is 1. The molecule has 1 amide bonds. The summed E-state index contributed by atoms with van der Waals surface area (Å²) in [6, 6.07) is 5.02. The molecule has 0 bridgehead atoms. The lowest BCUT2D eigenvalue weighted by Crippen LogP contribution is -2.57. The summed E-state index contributed by atoms with van der Waals surface area (Å²) in [5, 5.41) is 3.44. The molecule has 5 N–H and O–H groups in total. The fraction of sp³-hybridized carbons (Fsp3) is 0.182. The van der Waals surface area contributed by atoms with Crippen LogP contribution in [-0.4, -0.2) is 24.1 Å². The van der Waals surface area contributed by atoms with Crippen LogP contribution in [0.4, 0.5) is 0 Å². The summed E-state index contributed by atoms with van der Waals surface area (Å²) in [6.07, 6.45) is -0.654.